The third-order valence-electron chi connectivity index (χ3n) is 2.62. The Morgan fingerprint density at radius 2 is 2.21 bits per heavy atom. The zero-order valence-electron chi connectivity index (χ0n) is 7.86. The minimum atomic E-state index is -0.881. The Hall–Kier alpha value is -1.35. The number of hydrogen-bond acceptors (Lipinski definition) is 2. The fourth-order valence-corrected chi connectivity index (χ4v) is 1.56. The van der Waals surface area contributed by atoms with Crippen LogP contribution in [-0.4, -0.2) is 16.6 Å². The first-order valence-corrected chi connectivity index (χ1v) is 4.70. The van der Waals surface area contributed by atoms with Crippen molar-refractivity contribution < 1.29 is 9.90 Å². The first kappa shape index (κ1) is 9.21. The highest BCUT2D eigenvalue weighted by Crippen LogP contribution is 2.35. The second-order valence-electron chi connectivity index (χ2n) is 4.04. The summed E-state index contributed by atoms with van der Waals surface area (Å²) in [6.45, 7) is 0. The first-order chi connectivity index (χ1) is 6.59. The summed E-state index contributed by atoms with van der Waals surface area (Å²) in [5, 5.41) is 8.79. The number of aromatic carboxylic acids is 1. The van der Waals surface area contributed by atoms with Crippen LogP contribution in [0.5, 0.6) is 0 Å². The number of rotatable bonds is 3. The van der Waals surface area contributed by atoms with Gasteiger partial charge < -0.3 is 10.8 Å². The van der Waals surface area contributed by atoms with E-state index in [-0.39, 0.29) is 5.54 Å². The maximum absolute atomic E-state index is 10.7. The predicted octanol–water partition coefficient (Wildman–Crippen LogP) is 1.42. The highest BCUT2D eigenvalue weighted by atomic mass is 16.4. The van der Waals surface area contributed by atoms with Crippen molar-refractivity contribution in [3.05, 3.63) is 35.4 Å². The maximum Gasteiger partial charge on any atom is 0.335 e. The molecule has 0 bridgehead atoms. The van der Waals surface area contributed by atoms with Gasteiger partial charge in [0.25, 0.3) is 0 Å². The van der Waals surface area contributed by atoms with Gasteiger partial charge in [-0.2, -0.15) is 0 Å². The molecule has 74 valence electrons. The number of nitrogens with two attached hydrogens (primary N) is 1. The number of hydrogen-bond donors (Lipinski definition) is 2. The average molecular weight is 191 g/mol. The Morgan fingerprint density at radius 1 is 1.50 bits per heavy atom. The highest BCUT2D eigenvalue weighted by molar-refractivity contribution is 5.87. The molecule has 0 amide bonds. The van der Waals surface area contributed by atoms with Gasteiger partial charge in [0.05, 0.1) is 5.56 Å². The molecular formula is C11H13NO2. The lowest BCUT2D eigenvalue weighted by Crippen LogP contribution is -2.24. The lowest BCUT2D eigenvalue weighted by atomic mass is 10.0. The van der Waals surface area contributed by atoms with Gasteiger partial charge in [0, 0.05) is 5.54 Å². The van der Waals surface area contributed by atoms with Gasteiger partial charge in [-0.1, -0.05) is 12.1 Å². The summed E-state index contributed by atoms with van der Waals surface area (Å²) in [4.78, 5) is 10.7. The lowest BCUT2D eigenvalue weighted by molar-refractivity contribution is 0.0696. The van der Waals surface area contributed by atoms with Crippen molar-refractivity contribution in [1.29, 1.82) is 0 Å². The van der Waals surface area contributed by atoms with Crippen molar-refractivity contribution >= 4 is 5.97 Å². The van der Waals surface area contributed by atoms with Crippen LogP contribution in [0.4, 0.5) is 0 Å². The average Bonchev–Trinajstić information content (AvgIpc) is 2.83. The first-order valence-electron chi connectivity index (χ1n) is 4.70. The molecule has 1 saturated carbocycles. The molecule has 1 aliphatic rings. The van der Waals surface area contributed by atoms with Crippen LogP contribution in [0.2, 0.25) is 0 Å². The normalized spacial score (nSPS) is 17.8. The van der Waals surface area contributed by atoms with Crippen molar-refractivity contribution in [2.45, 2.75) is 24.8 Å². The summed E-state index contributed by atoms with van der Waals surface area (Å²) < 4.78 is 0. The number of carboxylic acids is 1. The van der Waals surface area contributed by atoms with Gasteiger partial charge in [0.1, 0.15) is 0 Å². The zero-order valence-corrected chi connectivity index (χ0v) is 7.86. The van der Waals surface area contributed by atoms with Crippen molar-refractivity contribution in [3.63, 3.8) is 0 Å². The molecule has 3 heteroatoms. The van der Waals surface area contributed by atoms with Crippen molar-refractivity contribution in [1.82, 2.24) is 0 Å². The SMILES string of the molecule is NC1(Cc2cccc(C(=O)O)c2)CC1. The molecule has 1 aliphatic carbocycles. The van der Waals surface area contributed by atoms with E-state index in [1.807, 2.05) is 6.07 Å². The molecule has 0 heterocycles. The van der Waals surface area contributed by atoms with Crippen LogP contribution >= 0.6 is 0 Å². The van der Waals surface area contributed by atoms with Crippen molar-refractivity contribution in [2.75, 3.05) is 0 Å². The van der Waals surface area contributed by atoms with Gasteiger partial charge in [-0.25, -0.2) is 4.79 Å². The monoisotopic (exact) mass is 191 g/mol. The minimum Gasteiger partial charge on any atom is -0.478 e. The highest BCUT2D eigenvalue weighted by Gasteiger charge is 2.37. The standard InChI is InChI=1S/C11H13NO2/c12-11(4-5-11)7-8-2-1-3-9(6-8)10(13)14/h1-3,6H,4-5,7,12H2,(H,13,14). The molecule has 1 aromatic carbocycles. The van der Waals surface area contributed by atoms with Gasteiger partial charge in [-0.15, -0.1) is 0 Å². The molecule has 1 fully saturated rings. The van der Waals surface area contributed by atoms with Gasteiger partial charge >= 0.3 is 5.97 Å². The van der Waals surface area contributed by atoms with E-state index in [1.165, 1.54) is 0 Å². The van der Waals surface area contributed by atoms with E-state index in [1.54, 1.807) is 18.2 Å². The van der Waals surface area contributed by atoms with Crippen LogP contribution in [-0.2, 0) is 6.42 Å². The van der Waals surface area contributed by atoms with E-state index < -0.39 is 5.97 Å². The van der Waals surface area contributed by atoms with Crippen LogP contribution < -0.4 is 5.73 Å². The molecule has 3 N–H and O–H groups in total. The molecule has 0 spiro atoms. The number of carboxylic acid groups (broad SMARTS) is 1. The van der Waals surface area contributed by atoms with Gasteiger partial charge in [-0.3, -0.25) is 0 Å². The van der Waals surface area contributed by atoms with E-state index in [0.29, 0.717) is 5.56 Å². The molecule has 2 rings (SSSR count). The summed E-state index contributed by atoms with van der Waals surface area (Å²) in [5.74, 6) is -0.881. The largest absolute Gasteiger partial charge is 0.478 e. The molecule has 14 heavy (non-hydrogen) atoms. The van der Waals surface area contributed by atoms with Crippen LogP contribution in [0.3, 0.4) is 0 Å². The van der Waals surface area contributed by atoms with Gasteiger partial charge in [-0.05, 0) is 37.0 Å². The third-order valence-corrected chi connectivity index (χ3v) is 2.62. The fourth-order valence-electron chi connectivity index (χ4n) is 1.56. The number of carbonyl (C=O) groups is 1. The summed E-state index contributed by atoms with van der Waals surface area (Å²) in [5.41, 5.74) is 7.26. The Labute approximate surface area is 82.5 Å². The van der Waals surface area contributed by atoms with E-state index in [0.717, 1.165) is 24.8 Å². The third kappa shape index (κ3) is 1.93. The van der Waals surface area contributed by atoms with Gasteiger partial charge in [0.2, 0.25) is 0 Å². The summed E-state index contributed by atoms with van der Waals surface area (Å²) >= 11 is 0. The predicted molar refractivity (Wildman–Crippen MR) is 53.3 cm³/mol. The molecule has 3 nitrogen and oxygen atoms in total. The fraction of sp³-hybridized carbons (Fsp3) is 0.364. The van der Waals surface area contributed by atoms with Crippen LogP contribution in [0.25, 0.3) is 0 Å². The number of benzene rings is 1. The smallest absolute Gasteiger partial charge is 0.335 e. The zero-order chi connectivity index (χ0) is 10.2. The van der Waals surface area contributed by atoms with Crippen LogP contribution in [0.1, 0.15) is 28.8 Å². The van der Waals surface area contributed by atoms with Crippen LogP contribution in [0.15, 0.2) is 24.3 Å². The molecule has 0 aliphatic heterocycles. The summed E-state index contributed by atoms with van der Waals surface area (Å²) in [7, 11) is 0. The second-order valence-corrected chi connectivity index (χ2v) is 4.04. The Morgan fingerprint density at radius 3 is 2.79 bits per heavy atom. The Kier molecular flexibility index (Phi) is 2.04. The Bertz CT molecular complexity index is 369. The summed E-state index contributed by atoms with van der Waals surface area (Å²) in [6.07, 6.45) is 2.88. The molecule has 0 saturated heterocycles. The van der Waals surface area contributed by atoms with E-state index in [9.17, 15) is 4.79 Å². The lowest BCUT2D eigenvalue weighted by Gasteiger charge is -2.08. The molecule has 0 unspecified atom stereocenters. The van der Waals surface area contributed by atoms with Gasteiger partial charge in [0.15, 0.2) is 0 Å². The van der Waals surface area contributed by atoms with E-state index in [2.05, 4.69) is 0 Å². The van der Waals surface area contributed by atoms with E-state index in [4.69, 9.17) is 10.8 Å². The summed E-state index contributed by atoms with van der Waals surface area (Å²) in [6, 6.07) is 7.00. The minimum absolute atomic E-state index is 0.0584. The van der Waals surface area contributed by atoms with Crippen molar-refractivity contribution in [3.8, 4) is 0 Å². The topological polar surface area (TPSA) is 63.3 Å². The van der Waals surface area contributed by atoms with Crippen molar-refractivity contribution in [2.24, 2.45) is 5.73 Å². The molecule has 1 aromatic rings. The molecule has 0 aromatic heterocycles. The van der Waals surface area contributed by atoms with Crippen LogP contribution in [0, 0.1) is 0 Å². The molecule has 0 atom stereocenters. The molecular weight excluding hydrogens is 178 g/mol. The maximum atomic E-state index is 10.7. The molecule has 0 radical (unpaired) electrons. The van der Waals surface area contributed by atoms with E-state index >= 15 is 0 Å². The second kappa shape index (κ2) is 3.10. The quantitative estimate of drug-likeness (QED) is 0.759. The Balaban J connectivity index is 2.17.